The number of fused-ring (bicyclic) bond motifs is 5. The van der Waals surface area contributed by atoms with Gasteiger partial charge in [0.1, 0.15) is 0 Å². The van der Waals surface area contributed by atoms with Crippen LogP contribution in [0.1, 0.15) is 49.7 Å². The van der Waals surface area contributed by atoms with Crippen LogP contribution in [0.5, 0.6) is 0 Å². The van der Waals surface area contributed by atoms with Crippen molar-refractivity contribution in [3.05, 3.63) is 114 Å². The number of hydrogen-bond acceptors (Lipinski definition) is 1. The molecule has 0 bridgehead atoms. The number of nitrogens with zero attached hydrogens (tertiary/aromatic N) is 1. The van der Waals surface area contributed by atoms with Gasteiger partial charge in [0, 0.05) is 23.8 Å². The Hall–Kier alpha value is -3.06. The number of anilines is 1. The highest BCUT2D eigenvalue weighted by molar-refractivity contribution is 5.83. The van der Waals surface area contributed by atoms with Gasteiger partial charge in [-0.05, 0) is 77.3 Å². The highest BCUT2D eigenvalue weighted by atomic mass is 15.1. The van der Waals surface area contributed by atoms with Crippen molar-refractivity contribution in [1.29, 1.82) is 0 Å². The van der Waals surface area contributed by atoms with E-state index in [-0.39, 0.29) is 5.41 Å². The van der Waals surface area contributed by atoms with Crippen LogP contribution in [0.3, 0.4) is 0 Å². The second-order valence-corrected chi connectivity index (χ2v) is 9.09. The van der Waals surface area contributed by atoms with Crippen LogP contribution in [0.4, 0.5) is 5.69 Å². The molecule has 1 saturated carbocycles. The Morgan fingerprint density at radius 3 is 2.48 bits per heavy atom. The second-order valence-electron chi connectivity index (χ2n) is 9.09. The molecule has 2 aromatic rings. The van der Waals surface area contributed by atoms with Gasteiger partial charge in [0.05, 0.1) is 0 Å². The van der Waals surface area contributed by atoms with Gasteiger partial charge in [-0.2, -0.15) is 0 Å². The van der Waals surface area contributed by atoms with Crippen LogP contribution in [-0.4, -0.2) is 7.05 Å². The van der Waals surface area contributed by atoms with E-state index in [2.05, 4.69) is 79.7 Å². The van der Waals surface area contributed by atoms with E-state index in [9.17, 15) is 0 Å². The monoisotopic (exact) mass is 405 g/mol. The molecule has 5 rings (SSSR count). The highest BCUT2D eigenvalue weighted by Gasteiger charge is 2.44. The first kappa shape index (κ1) is 19.9. The van der Waals surface area contributed by atoms with Crippen LogP contribution >= 0.6 is 0 Å². The minimum absolute atomic E-state index is 0.228. The molecular formula is C30H31N. The number of rotatable bonds is 5. The summed E-state index contributed by atoms with van der Waals surface area (Å²) in [6, 6.07) is 16.2. The minimum atomic E-state index is 0.228. The summed E-state index contributed by atoms with van der Waals surface area (Å²) in [7, 11) is 2.21. The molecule has 0 saturated heterocycles. The van der Waals surface area contributed by atoms with Crippen LogP contribution in [0.15, 0.2) is 103 Å². The number of allylic oxidation sites excluding steroid dienone is 8. The van der Waals surface area contributed by atoms with Crippen LogP contribution in [0.25, 0.3) is 11.1 Å². The summed E-state index contributed by atoms with van der Waals surface area (Å²) in [6.45, 7) is 7.94. The molecule has 1 spiro atoms. The molecule has 156 valence electrons. The molecule has 0 aliphatic heterocycles. The summed E-state index contributed by atoms with van der Waals surface area (Å²) in [5, 5.41) is 0. The van der Waals surface area contributed by atoms with Gasteiger partial charge >= 0.3 is 0 Å². The first-order valence-electron chi connectivity index (χ1n) is 11.5. The first-order chi connectivity index (χ1) is 15.1. The van der Waals surface area contributed by atoms with Crippen molar-refractivity contribution in [2.75, 3.05) is 11.9 Å². The second kappa shape index (κ2) is 7.89. The van der Waals surface area contributed by atoms with Crippen LogP contribution < -0.4 is 4.90 Å². The Morgan fingerprint density at radius 2 is 1.74 bits per heavy atom. The lowest BCUT2D eigenvalue weighted by atomic mass is 9.76. The summed E-state index contributed by atoms with van der Waals surface area (Å²) < 4.78 is 0. The summed E-state index contributed by atoms with van der Waals surface area (Å²) in [5.74, 6) is 0. The normalized spacial score (nSPS) is 18.5. The van der Waals surface area contributed by atoms with Crippen molar-refractivity contribution < 1.29 is 0 Å². The lowest BCUT2D eigenvalue weighted by Gasteiger charge is -2.29. The zero-order valence-corrected chi connectivity index (χ0v) is 18.5. The van der Waals surface area contributed by atoms with E-state index in [0.29, 0.717) is 0 Å². The van der Waals surface area contributed by atoms with Crippen LogP contribution in [0.2, 0.25) is 0 Å². The molecule has 0 aromatic heterocycles. The number of benzene rings is 2. The molecular weight excluding hydrogens is 374 g/mol. The molecule has 31 heavy (non-hydrogen) atoms. The summed E-state index contributed by atoms with van der Waals surface area (Å²) >= 11 is 0. The van der Waals surface area contributed by atoms with Crippen molar-refractivity contribution in [3.8, 4) is 11.1 Å². The molecule has 0 atom stereocenters. The Kier molecular flexibility index (Phi) is 5.06. The molecule has 0 amide bonds. The Bertz CT molecular complexity index is 1130. The fourth-order valence-electron chi connectivity index (χ4n) is 5.80. The van der Waals surface area contributed by atoms with Crippen molar-refractivity contribution in [2.24, 2.45) is 0 Å². The average molecular weight is 406 g/mol. The fourth-order valence-corrected chi connectivity index (χ4v) is 5.80. The van der Waals surface area contributed by atoms with Gasteiger partial charge < -0.3 is 4.90 Å². The van der Waals surface area contributed by atoms with Gasteiger partial charge in [0.2, 0.25) is 0 Å². The van der Waals surface area contributed by atoms with Crippen molar-refractivity contribution in [1.82, 2.24) is 0 Å². The maximum absolute atomic E-state index is 4.20. The molecule has 0 heterocycles. The summed E-state index contributed by atoms with van der Waals surface area (Å²) in [5.41, 5.74) is 11.3. The quantitative estimate of drug-likeness (QED) is 0.458. The van der Waals surface area contributed by atoms with Gasteiger partial charge in [-0.25, -0.2) is 0 Å². The predicted molar refractivity (Wildman–Crippen MR) is 133 cm³/mol. The Labute approximate surface area is 186 Å². The largest absolute Gasteiger partial charge is 0.348 e. The van der Waals surface area contributed by atoms with Gasteiger partial charge in [0.15, 0.2) is 0 Å². The van der Waals surface area contributed by atoms with Crippen molar-refractivity contribution >= 4 is 5.69 Å². The number of hydrogen-bond donors (Lipinski definition) is 0. The molecule has 0 N–H and O–H groups in total. The minimum Gasteiger partial charge on any atom is -0.348 e. The fraction of sp³-hybridized carbons (Fsp3) is 0.267. The van der Waals surface area contributed by atoms with Gasteiger partial charge in [-0.3, -0.25) is 0 Å². The lowest BCUT2D eigenvalue weighted by Crippen LogP contribution is -2.22. The van der Waals surface area contributed by atoms with E-state index >= 15 is 0 Å². The summed E-state index contributed by atoms with van der Waals surface area (Å²) in [6.07, 6.45) is 17.6. The van der Waals surface area contributed by atoms with Gasteiger partial charge in [-0.15, -0.1) is 0 Å². The molecule has 3 aliphatic rings. The SMILES string of the molecule is C=C/C=C\C(=C)C1=CC=C(N(C)c2ccc3c(c2)C2(CCCC2)c2ccccc2-3)CC1. The first-order valence-corrected chi connectivity index (χ1v) is 11.5. The zero-order valence-electron chi connectivity index (χ0n) is 18.5. The molecule has 2 aromatic carbocycles. The highest BCUT2D eigenvalue weighted by Crippen LogP contribution is 2.57. The summed E-state index contributed by atoms with van der Waals surface area (Å²) in [4.78, 5) is 2.38. The molecule has 0 radical (unpaired) electrons. The van der Waals surface area contributed by atoms with E-state index in [4.69, 9.17) is 0 Å². The smallest absolute Gasteiger partial charge is 0.0409 e. The lowest BCUT2D eigenvalue weighted by molar-refractivity contribution is 0.550. The Morgan fingerprint density at radius 1 is 0.968 bits per heavy atom. The van der Waals surface area contributed by atoms with E-state index in [0.717, 1.165) is 18.4 Å². The van der Waals surface area contributed by atoms with E-state index in [1.165, 1.54) is 53.8 Å². The molecule has 3 aliphatic carbocycles. The van der Waals surface area contributed by atoms with Gasteiger partial charge in [-0.1, -0.05) is 80.6 Å². The molecule has 1 fully saturated rings. The standard InChI is InChI=1S/C30H31N/c1-4-5-10-22(2)23-13-15-24(16-14-23)31(3)25-17-18-27-26-11-6-7-12-28(26)30(29(27)21-25)19-8-9-20-30/h4-7,10-13,15,17-18,21H,1-2,8-9,14,16,19-20H2,3H3/b10-5-. The van der Waals surface area contributed by atoms with Crippen molar-refractivity contribution in [3.63, 3.8) is 0 Å². The van der Waals surface area contributed by atoms with Crippen molar-refractivity contribution in [2.45, 2.75) is 43.9 Å². The van der Waals surface area contributed by atoms with Gasteiger partial charge in [0.25, 0.3) is 0 Å². The van der Waals surface area contributed by atoms with E-state index in [1.807, 2.05) is 12.2 Å². The third-order valence-electron chi connectivity index (χ3n) is 7.50. The zero-order chi connectivity index (χ0) is 21.4. The Balaban J connectivity index is 1.47. The topological polar surface area (TPSA) is 3.24 Å². The average Bonchev–Trinajstić information content (AvgIpc) is 3.42. The molecule has 1 heteroatoms. The van der Waals surface area contributed by atoms with Crippen LogP contribution in [0, 0.1) is 0 Å². The maximum atomic E-state index is 4.20. The van der Waals surface area contributed by atoms with E-state index < -0.39 is 0 Å². The third-order valence-corrected chi connectivity index (χ3v) is 7.50. The maximum Gasteiger partial charge on any atom is 0.0409 e. The molecule has 1 nitrogen and oxygen atoms in total. The third kappa shape index (κ3) is 3.24. The van der Waals surface area contributed by atoms with E-state index in [1.54, 1.807) is 17.2 Å². The predicted octanol–water partition coefficient (Wildman–Crippen LogP) is 7.87. The molecule has 0 unspecified atom stereocenters. The van der Waals surface area contributed by atoms with Crippen LogP contribution in [-0.2, 0) is 5.41 Å².